The van der Waals surface area contributed by atoms with Crippen LogP contribution in [0.25, 0.3) is 0 Å². The summed E-state index contributed by atoms with van der Waals surface area (Å²) in [5, 5.41) is 18.0. The second-order valence-corrected chi connectivity index (χ2v) is 3.25. The van der Waals surface area contributed by atoms with Crippen molar-refractivity contribution >= 4 is 5.97 Å². The molecule has 1 unspecified atom stereocenters. The van der Waals surface area contributed by atoms with Crippen molar-refractivity contribution in [3.05, 3.63) is 29.8 Å². The first-order chi connectivity index (χ1) is 7.15. The monoisotopic (exact) mass is 210 g/mol. The quantitative estimate of drug-likeness (QED) is 0.735. The molecule has 0 heterocycles. The summed E-state index contributed by atoms with van der Waals surface area (Å²) in [4.78, 5) is 11.5. The fourth-order valence-corrected chi connectivity index (χ4v) is 1.13. The zero-order valence-electron chi connectivity index (χ0n) is 8.51. The molecule has 0 aliphatic rings. The van der Waals surface area contributed by atoms with Gasteiger partial charge >= 0.3 is 5.97 Å². The van der Waals surface area contributed by atoms with Gasteiger partial charge in [-0.25, -0.2) is 4.79 Å². The zero-order valence-corrected chi connectivity index (χ0v) is 8.51. The summed E-state index contributed by atoms with van der Waals surface area (Å²) in [5.74, 6) is -0.673. The maximum atomic E-state index is 11.5. The largest absolute Gasteiger partial charge is 0.507 e. The van der Waals surface area contributed by atoms with Crippen LogP contribution in [0.15, 0.2) is 24.3 Å². The average molecular weight is 210 g/mol. The van der Waals surface area contributed by atoms with Gasteiger partial charge in [-0.3, -0.25) is 0 Å². The third-order valence-electron chi connectivity index (χ3n) is 1.97. The molecule has 15 heavy (non-hydrogen) atoms. The Bertz CT molecular complexity index is 335. The lowest BCUT2D eigenvalue weighted by molar-refractivity contribution is 0.0286. The number of phenolic OH excluding ortho intramolecular Hbond substituents is 1. The van der Waals surface area contributed by atoms with E-state index in [0.29, 0.717) is 6.42 Å². The Morgan fingerprint density at radius 3 is 2.73 bits per heavy atom. The van der Waals surface area contributed by atoms with Gasteiger partial charge in [0, 0.05) is 13.0 Å². The number of hydrogen-bond donors (Lipinski definition) is 2. The Kier molecular flexibility index (Phi) is 4.12. The summed E-state index contributed by atoms with van der Waals surface area (Å²) in [7, 11) is 0. The standard InChI is InChI=1S/C11H14O4/c1-8(6-7-12)15-11(14)9-4-2-3-5-10(9)13/h2-5,8,12-13H,6-7H2,1H3. The lowest BCUT2D eigenvalue weighted by Gasteiger charge is -2.12. The molecule has 0 radical (unpaired) electrons. The molecule has 1 atom stereocenters. The molecule has 2 N–H and O–H groups in total. The normalized spacial score (nSPS) is 12.1. The number of carbonyl (C=O) groups is 1. The third kappa shape index (κ3) is 3.25. The molecule has 4 nitrogen and oxygen atoms in total. The number of rotatable bonds is 4. The number of aliphatic hydroxyl groups excluding tert-OH is 1. The van der Waals surface area contributed by atoms with Crippen LogP contribution in [0, 0.1) is 0 Å². The van der Waals surface area contributed by atoms with Crippen LogP contribution in [-0.2, 0) is 4.74 Å². The molecule has 0 saturated carbocycles. The number of aliphatic hydroxyl groups is 1. The van der Waals surface area contributed by atoms with Crippen molar-refractivity contribution in [3.8, 4) is 5.75 Å². The van der Waals surface area contributed by atoms with E-state index >= 15 is 0 Å². The van der Waals surface area contributed by atoms with Crippen molar-refractivity contribution < 1.29 is 19.7 Å². The molecule has 0 aromatic heterocycles. The van der Waals surface area contributed by atoms with Gasteiger partial charge in [-0.2, -0.15) is 0 Å². The van der Waals surface area contributed by atoms with Crippen LogP contribution >= 0.6 is 0 Å². The fourth-order valence-electron chi connectivity index (χ4n) is 1.13. The predicted molar refractivity (Wildman–Crippen MR) is 54.7 cm³/mol. The molecule has 0 spiro atoms. The van der Waals surface area contributed by atoms with Gasteiger partial charge < -0.3 is 14.9 Å². The van der Waals surface area contributed by atoms with Crippen LogP contribution in [0.3, 0.4) is 0 Å². The maximum Gasteiger partial charge on any atom is 0.342 e. The van der Waals surface area contributed by atoms with Crippen LogP contribution in [0.1, 0.15) is 23.7 Å². The molecule has 1 aromatic rings. The molecule has 0 fully saturated rings. The Labute approximate surface area is 88.1 Å². The van der Waals surface area contributed by atoms with E-state index in [0.717, 1.165) is 0 Å². The van der Waals surface area contributed by atoms with Gasteiger partial charge in [0.15, 0.2) is 0 Å². The number of esters is 1. The summed E-state index contributed by atoms with van der Waals surface area (Å²) in [6, 6.07) is 6.19. The van der Waals surface area contributed by atoms with E-state index in [1.165, 1.54) is 12.1 Å². The number of carbonyl (C=O) groups excluding carboxylic acids is 1. The topological polar surface area (TPSA) is 66.8 Å². The molecule has 0 bridgehead atoms. The second-order valence-electron chi connectivity index (χ2n) is 3.25. The summed E-state index contributed by atoms with van der Waals surface area (Å²) >= 11 is 0. The highest BCUT2D eigenvalue weighted by atomic mass is 16.5. The van der Waals surface area contributed by atoms with Gasteiger partial charge in [0.05, 0.1) is 0 Å². The van der Waals surface area contributed by atoms with Crippen molar-refractivity contribution in [1.29, 1.82) is 0 Å². The van der Waals surface area contributed by atoms with E-state index in [9.17, 15) is 9.90 Å². The van der Waals surface area contributed by atoms with Gasteiger partial charge in [-0.15, -0.1) is 0 Å². The summed E-state index contributed by atoms with van der Waals surface area (Å²) in [6.07, 6.45) is 0.0291. The van der Waals surface area contributed by atoms with E-state index in [2.05, 4.69) is 0 Å². The number of para-hydroxylation sites is 1. The fraction of sp³-hybridized carbons (Fsp3) is 0.364. The Hall–Kier alpha value is -1.55. The lowest BCUT2D eigenvalue weighted by Crippen LogP contribution is -2.16. The molecule has 1 aromatic carbocycles. The first-order valence-corrected chi connectivity index (χ1v) is 4.75. The zero-order chi connectivity index (χ0) is 11.3. The molecular weight excluding hydrogens is 196 g/mol. The van der Waals surface area contributed by atoms with Gasteiger partial charge in [0.1, 0.15) is 17.4 Å². The summed E-state index contributed by atoms with van der Waals surface area (Å²) in [6.45, 7) is 1.66. The molecule has 1 rings (SSSR count). The number of phenols is 1. The first-order valence-electron chi connectivity index (χ1n) is 4.75. The number of hydrogen-bond acceptors (Lipinski definition) is 4. The second kappa shape index (κ2) is 5.36. The number of ether oxygens (including phenoxy) is 1. The summed E-state index contributed by atoms with van der Waals surface area (Å²) < 4.78 is 5.00. The van der Waals surface area contributed by atoms with Crippen LogP contribution in [-0.4, -0.2) is 28.9 Å². The van der Waals surface area contributed by atoms with Gasteiger partial charge in [-0.1, -0.05) is 12.1 Å². The smallest absolute Gasteiger partial charge is 0.342 e. The number of benzene rings is 1. The van der Waals surface area contributed by atoms with E-state index in [4.69, 9.17) is 9.84 Å². The maximum absolute atomic E-state index is 11.5. The van der Waals surface area contributed by atoms with Gasteiger partial charge in [-0.05, 0) is 19.1 Å². The molecule has 0 amide bonds. The van der Waals surface area contributed by atoms with Crippen LogP contribution in [0.2, 0.25) is 0 Å². The van der Waals surface area contributed by atoms with Crippen LogP contribution < -0.4 is 0 Å². The third-order valence-corrected chi connectivity index (χ3v) is 1.97. The van der Waals surface area contributed by atoms with Crippen molar-refractivity contribution in [2.75, 3.05) is 6.61 Å². The van der Waals surface area contributed by atoms with Crippen LogP contribution in [0.4, 0.5) is 0 Å². The lowest BCUT2D eigenvalue weighted by atomic mass is 10.2. The Morgan fingerprint density at radius 1 is 1.47 bits per heavy atom. The molecule has 4 heteroatoms. The van der Waals surface area contributed by atoms with E-state index < -0.39 is 5.97 Å². The highest BCUT2D eigenvalue weighted by Gasteiger charge is 2.14. The van der Waals surface area contributed by atoms with Crippen molar-refractivity contribution in [2.45, 2.75) is 19.4 Å². The minimum absolute atomic E-state index is 0.0325. The van der Waals surface area contributed by atoms with E-state index in [1.54, 1.807) is 19.1 Å². The molecule has 0 saturated heterocycles. The molecule has 82 valence electrons. The first kappa shape index (κ1) is 11.5. The predicted octanol–water partition coefficient (Wildman–Crippen LogP) is 1.32. The van der Waals surface area contributed by atoms with Crippen molar-refractivity contribution in [2.24, 2.45) is 0 Å². The highest BCUT2D eigenvalue weighted by Crippen LogP contribution is 2.17. The van der Waals surface area contributed by atoms with Gasteiger partial charge in [0.2, 0.25) is 0 Å². The van der Waals surface area contributed by atoms with Crippen molar-refractivity contribution in [3.63, 3.8) is 0 Å². The minimum atomic E-state index is -0.575. The Morgan fingerprint density at radius 2 is 2.13 bits per heavy atom. The molecule has 0 aliphatic carbocycles. The Balaban J connectivity index is 2.65. The SMILES string of the molecule is CC(CCO)OC(=O)c1ccccc1O. The van der Waals surface area contributed by atoms with Gasteiger partial charge in [0.25, 0.3) is 0 Å². The van der Waals surface area contributed by atoms with Crippen LogP contribution in [0.5, 0.6) is 5.75 Å². The van der Waals surface area contributed by atoms with E-state index in [-0.39, 0.29) is 24.0 Å². The average Bonchev–Trinajstić information content (AvgIpc) is 2.18. The molecular formula is C11H14O4. The minimum Gasteiger partial charge on any atom is -0.507 e. The van der Waals surface area contributed by atoms with Crippen molar-refractivity contribution in [1.82, 2.24) is 0 Å². The van der Waals surface area contributed by atoms with E-state index in [1.807, 2.05) is 0 Å². The number of aromatic hydroxyl groups is 1. The highest BCUT2D eigenvalue weighted by molar-refractivity contribution is 5.92. The summed E-state index contributed by atoms with van der Waals surface area (Å²) in [5.41, 5.74) is 0.141. The molecule has 0 aliphatic heterocycles.